The molecule has 0 aliphatic carbocycles. The zero-order valence-corrected chi connectivity index (χ0v) is 15.1. The molecule has 2 heterocycles. The van der Waals surface area contributed by atoms with Gasteiger partial charge < -0.3 is 44.5 Å². The number of carbonyl (C=O) groups excluding carboxylic acids is 1. The Labute approximate surface area is 160 Å². The van der Waals surface area contributed by atoms with Crippen LogP contribution >= 0.6 is 0 Å². The zero-order valence-electron chi connectivity index (χ0n) is 15.1. The molecule has 0 amide bonds. The maximum atomic E-state index is 11.9. The summed E-state index contributed by atoms with van der Waals surface area (Å²) in [6.45, 7) is 2.97. The van der Waals surface area contributed by atoms with E-state index in [4.69, 9.17) is 14.2 Å². The van der Waals surface area contributed by atoms with Crippen LogP contribution in [0.1, 0.15) is 6.42 Å². The van der Waals surface area contributed by atoms with Crippen molar-refractivity contribution in [2.24, 2.45) is 11.8 Å². The zero-order chi connectivity index (χ0) is 21.0. The van der Waals surface area contributed by atoms with Gasteiger partial charge in [0, 0.05) is 11.8 Å². The molecular weight excluding hydrogens is 380 g/mol. The number of aliphatic hydroxyl groups is 4. The van der Waals surface area contributed by atoms with E-state index in [9.17, 15) is 35.1 Å². The van der Waals surface area contributed by atoms with Gasteiger partial charge >= 0.3 is 11.9 Å². The number of esters is 1. The summed E-state index contributed by atoms with van der Waals surface area (Å²) in [5, 5.41) is 48.2. The molecule has 0 radical (unpaired) electrons. The van der Waals surface area contributed by atoms with Crippen LogP contribution in [0.5, 0.6) is 0 Å². The fourth-order valence-corrected chi connectivity index (χ4v) is 3.18. The maximum absolute atomic E-state index is 11.9. The summed E-state index contributed by atoms with van der Waals surface area (Å²) in [5.74, 6) is -3.70. The van der Waals surface area contributed by atoms with Gasteiger partial charge in [0.15, 0.2) is 6.29 Å². The number of hydrogen-bond donors (Lipinski definition) is 5. The highest BCUT2D eigenvalue weighted by molar-refractivity contribution is 5.89. The Morgan fingerprint density at radius 1 is 1.21 bits per heavy atom. The lowest BCUT2D eigenvalue weighted by Crippen LogP contribution is -2.60. The summed E-state index contributed by atoms with van der Waals surface area (Å²) in [7, 11) is 1.14. The third-order valence-electron chi connectivity index (χ3n) is 4.71. The third kappa shape index (κ3) is 4.51. The average molecular weight is 404 g/mol. The van der Waals surface area contributed by atoms with Gasteiger partial charge in [-0.3, -0.25) is 4.79 Å². The number of carboxylic acids is 1. The molecule has 5 N–H and O–H groups in total. The van der Waals surface area contributed by atoms with Crippen LogP contribution < -0.4 is 0 Å². The van der Waals surface area contributed by atoms with Gasteiger partial charge in [0.05, 0.1) is 32.0 Å². The predicted octanol–water partition coefficient (Wildman–Crippen LogP) is -1.89. The largest absolute Gasteiger partial charge is 0.481 e. The standard InChI is InChI=1S/C17H24O11/c1-3-7-8(4-11(19)20)9(15(24)25-2)6-26-16(7)28-17-14(23)13(22)12(21)10(5-18)27-17/h3,6-8,10,12-14,16-18,21-23H,1,4-5H2,2H3,(H,19,20)/t7-,8+,10-,12-,13+,14-,16+,17+/m1/s1. The number of carbonyl (C=O) groups is 2. The minimum atomic E-state index is -1.67. The van der Waals surface area contributed by atoms with Crippen molar-refractivity contribution in [1.82, 2.24) is 0 Å². The van der Waals surface area contributed by atoms with E-state index in [2.05, 4.69) is 11.3 Å². The maximum Gasteiger partial charge on any atom is 0.337 e. The fraction of sp³-hybridized carbons (Fsp3) is 0.647. The molecule has 158 valence electrons. The summed E-state index contributed by atoms with van der Waals surface area (Å²) in [6.07, 6.45) is -6.91. The van der Waals surface area contributed by atoms with Gasteiger partial charge in [0.2, 0.25) is 6.29 Å². The lowest BCUT2D eigenvalue weighted by molar-refractivity contribution is -0.339. The van der Waals surface area contributed by atoms with Gasteiger partial charge in [-0.2, -0.15) is 0 Å². The lowest BCUT2D eigenvalue weighted by Gasteiger charge is -2.42. The van der Waals surface area contributed by atoms with Crippen LogP contribution in [0.25, 0.3) is 0 Å². The molecule has 0 bridgehead atoms. The first-order chi connectivity index (χ1) is 13.2. The number of rotatable bonds is 7. The Hall–Kier alpha value is -2.02. The van der Waals surface area contributed by atoms with Crippen molar-refractivity contribution in [1.29, 1.82) is 0 Å². The molecule has 0 aromatic carbocycles. The number of carboxylic acid groups (broad SMARTS) is 1. The molecule has 11 nitrogen and oxygen atoms in total. The summed E-state index contributed by atoms with van der Waals surface area (Å²) in [5.41, 5.74) is -0.0246. The van der Waals surface area contributed by atoms with E-state index >= 15 is 0 Å². The Balaban J connectivity index is 2.24. The molecule has 0 saturated carbocycles. The number of methoxy groups -OCH3 is 1. The van der Waals surface area contributed by atoms with Crippen molar-refractivity contribution in [3.05, 3.63) is 24.5 Å². The Morgan fingerprint density at radius 3 is 2.43 bits per heavy atom. The molecule has 0 unspecified atom stereocenters. The van der Waals surface area contributed by atoms with Crippen LogP contribution in [-0.2, 0) is 28.5 Å². The SMILES string of the molecule is C=C[C@H]1[C@H](O[C@@H]2O[C@H](CO)[C@@H](O)[C@H](O)[C@H]2O)OC=C(C(=O)OC)[C@H]1CC(=O)O. The molecule has 8 atom stereocenters. The van der Waals surface area contributed by atoms with Crippen LogP contribution in [-0.4, -0.2) is 88.2 Å². The van der Waals surface area contributed by atoms with Gasteiger partial charge in [0.25, 0.3) is 0 Å². The highest BCUT2D eigenvalue weighted by Crippen LogP contribution is 2.36. The van der Waals surface area contributed by atoms with E-state index in [0.29, 0.717) is 0 Å². The van der Waals surface area contributed by atoms with Crippen LogP contribution in [0, 0.1) is 11.8 Å². The second-order valence-electron chi connectivity index (χ2n) is 6.42. The Kier molecular flexibility index (Phi) is 7.52. The van der Waals surface area contributed by atoms with Crippen molar-refractivity contribution in [2.45, 2.75) is 43.4 Å². The smallest absolute Gasteiger partial charge is 0.337 e. The van der Waals surface area contributed by atoms with Crippen LogP contribution in [0.2, 0.25) is 0 Å². The number of aliphatic hydroxyl groups excluding tert-OH is 4. The van der Waals surface area contributed by atoms with Crippen molar-refractivity contribution >= 4 is 11.9 Å². The van der Waals surface area contributed by atoms with Crippen molar-refractivity contribution in [3.8, 4) is 0 Å². The summed E-state index contributed by atoms with van der Waals surface area (Å²) >= 11 is 0. The van der Waals surface area contributed by atoms with Crippen LogP contribution in [0.4, 0.5) is 0 Å². The first-order valence-corrected chi connectivity index (χ1v) is 8.49. The lowest BCUT2D eigenvalue weighted by atomic mass is 9.81. The monoisotopic (exact) mass is 404 g/mol. The number of aliphatic carboxylic acids is 1. The fourth-order valence-electron chi connectivity index (χ4n) is 3.18. The minimum absolute atomic E-state index is 0.0246. The topological polar surface area (TPSA) is 172 Å². The van der Waals surface area contributed by atoms with Crippen molar-refractivity contribution in [3.63, 3.8) is 0 Å². The van der Waals surface area contributed by atoms with Crippen LogP contribution in [0.15, 0.2) is 24.5 Å². The summed E-state index contributed by atoms with van der Waals surface area (Å²) in [6, 6.07) is 0. The van der Waals surface area contributed by atoms with Gasteiger partial charge in [-0.05, 0) is 0 Å². The van der Waals surface area contributed by atoms with E-state index in [0.717, 1.165) is 13.4 Å². The first kappa shape index (κ1) is 22.3. The highest BCUT2D eigenvalue weighted by Gasteiger charge is 2.47. The Bertz CT molecular complexity index is 616. The second kappa shape index (κ2) is 9.45. The second-order valence-corrected chi connectivity index (χ2v) is 6.42. The molecule has 0 aromatic heterocycles. The van der Waals surface area contributed by atoms with Crippen molar-refractivity contribution in [2.75, 3.05) is 13.7 Å². The quantitative estimate of drug-likeness (QED) is 0.237. The molecule has 0 aromatic rings. The highest BCUT2D eigenvalue weighted by atomic mass is 16.8. The molecule has 2 rings (SSSR count). The normalized spacial score (nSPS) is 38.1. The molecule has 28 heavy (non-hydrogen) atoms. The minimum Gasteiger partial charge on any atom is -0.481 e. The first-order valence-electron chi connectivity index (χ1n) is 8.49. The molecule has 0 spiro atoms. The molecule has 11 heteroatoms. The van der Waals surface area contributed by atoms with Gasteiger partial charge in [0.1, 0.15) is 24.4 Å². The van der Waals surface area contributed by atoms with E-state index in [1.54, 1.807) is 0 Å². The average Bonchev–Trinajstić information content (AvgIpc) is 2.67. The van der Waals surface area contributed by atoms with E-state index in [1.165, 1.54) is 6.08 Å². The number of ether oxygens (including phenoxy) is 4. The van der Waals surface area contributed by atoms with Gasteiger partial charge in [-0.15, -0.1) is 6.58 Å². The van der Waals surface area contributed by atoms with Gasteiger partial charge in [-0.25, -0.2) is 4.79 Å². The van der Waals surface area contributed by atoms with Crippen LogP contribution in [0.3, 0.4) is 0 Å². The third-order valence-corrected chi connectivity index (χ3v) is 4.71. The molecule has 1 saturated heterocycles. The Morgan fingerprint density at radius 2 is 1.89 bits per heavy atom. The summed E-state index contributed by atoms with van der Waals surface area (Å²) in [4.78, 5) is 23.2. The van der Waals surface area contributed by atoms with E-state index in [-0.39, 0.29) is 5.57 Å². The van der Waals surface area contributed by atoms with Crippen molar-refractivity contribution < 1.29 is 54.1 Å². The van der Waals surface area contributed by atoms with Gasteiger partial charge in [-0.1, -0.05) is 6.08 Å². The molecule has 2 aliphatic heterocycles. The van der Waals surface area contributed by atoms with E-state index in [1.807, 2.05) is 0 Å². The molecular formula is C17H24O11. The predicted molar refractivity (Wildman–Crippen MR) is 89.3 cm³/mol. The molecule has 2 aliphatic rings. The summed E-state index contributed by atoms with van der Waals surface area (Å²) < 4.78 is 20.8. The van der Waals surface area contributed by atoms with E-state index < -0.39 is 73.8 Å². The number of hydrogen-bond acceptors (Lipinski definition) is 10. The molecule has 1 fully saturated rings.